The maximum absolute atomic E-state index is 12.6. The van der Waals surface area contributed by atoms with E-state index in [1.165, 1.54) is 21.3 Å². The molecular formula is C21H32BN3O4. The summed E-state index contributed by atoms with van der Waals surface area (Å²) >= 11 is 0. The van der Waals surface area contributed by atoms with Crippen LogP contribution in [0.4, 0.5) is 0 Å². The Bertz CT molecular complexity index is 684. The molecule has 29 heavy (non-hydrogen) atoms. The first-order valence-electron chi connectivity index (χ1n) is 9.91. The molecule has 1 rings (SSSR count). The number of hydrogen-bond donors (Lipinski definition) is 1. The van der Waals surface area contributed by atoms with E-state index in [2.05, 4.69) is 21.9 Å². The molecule has 1 N–H and O–H groups in total. The van der Waals surface area contributed by atoms with E-state index in [4.69, 9.17) is 9.47 Å². The molecule has 0 aliphatic heterocycles. The summed E-state index contributed by atoms with van der Waals surface area (Å²) in [5.41, 5.74) is 0.0108. The number of methoxy groups -OCH3 is 2. The Hall–Kier alpha value is -2.35. The maximum atomic E-state index is 12.6. The molecule has 0 bridgehead atoms. The van der Waals surface area contributed by atoms with Crippen molar-refractivity contribution >= 4 is 25.5 Å². The van der Waals surface area contributed by atoms with Gasteiger partial charge >= 0.3 is 168 Å². The van der Waals surface area contributed by atoms with E-state index in [9.17, 15) is 9.59 Å². The Morgan fingerprint density at radius 1 is 1.24 bits per heavy atom. The monoisotopic (exact) mass is 401 g/mol. The van der Waals surface area contributed by atoms with Gasteiger partial charge in [0, 0.05) is 0 Å². The Balaban J connectivity index is 2.88. The molecule has 7 nitrogen and oxygen atoms in total. The van der Waals surface area contributed by atoms with Gasteiger partial charge in [0.1, 0.15) is 0 Å². The van der Waals surface area contributed by atoms with Crippen LogP contribution in [0.2, 0.25) is 0 Å². The van der Waals surface area contributed by atoms with Crippen LogP contribution in [0, 0.1) is 5.92 Å². The molecule has 0 saturated heterocycles. The second-order valence-corrected chi connectivity index (χ2v) is 6.93. The van der Waals surface area contributed by atoms with Crippen molar-refractivity contribution in [2.45, 2.75) is 51.1 Å². The summed E-state index contributed by atoms with van der Waals surface area (Å²) in [6.45, 7) is 7.84. The van der Waals surface area contributed by atoms with Gasteiger partial charge in [-0.05, 0) is 0 Å². The van der Waals surface area contributed by atoms with E-state index in [-0.39, 0.29) is 11.9 Å². The van der Waals surface area contributed by atoms with Crippen LogP contribution in [0.25, 0.3) is 0 Å². The zero-order valence-corrected chi connectivity index (χ0v) is 17.9. The fourth-order valence-corrected chi connectivity index (χ4v) is 3.24. The first-order valence-corrected chi connectivity index (χ1v) is 9.91. The zero-order valence-electron chi connectivity index (χ0n) is 17.9. The van der Waals surface area contributed by atoms with Crippen molar-refractivity contribution in [3.63, 3.8) is 0 Å². The van der Waals surface area contributed by atoms with Crippen LogP contribution in [0.15, 0.2) is 40.5 Å². The number of aryl methyl sites for hydroxylation is 1. The van der Waals surface area contributed by atoms with Gasteiger partial charge in [-0.1, -0.05) is 6.07 Å². The Labute approximate surface area is 174 Å². The quantitative estimate of drug-likeness (QED) is 0.312. The molecule has 1 unspecified atom stereocenters. The molecular weight excluding hydrogens is 369 g/mol. The second kappa shape index (κ2) is 13.0. The second-order valence-electron chi connectivity index (χ2n) is 6.93. The Morgan fingerprint density at radius 3 is 2.48 bits per heavy atom. The van der Waals surface area contributed by atoms with Gasteiger partial charge in [0.05, 0.1) is 0 Å². The molecule has 3 atom stereocenters. The van der Waals surface area contributed by atoms with Gasteiger partial charge in [-0.3, -0.25) is 0 Å². The molecule has 0 fully saturated rings. The summed E-state index contributed by atoms with van der Waals surface area (Å²) in [5, 5.41) is 11.3. The van der Waals surface area contributed by atoms with E-state index in [0.717, 1.165) is 18.4 Å². The Kier molecular flexibility index (Phi) is 11.1. The molecule has 0 heterocycles. The topological polar surface area (TPSA) is 89.4 Å². The van der Waals surface area contributed by atoms with E-state index in [1.807, 2.05) is 44.2 Å². The molecule has 1 aromatic rings. The third-order valence-corrected chi connectivity index (χ3v) is 5.23. The van der Waals surface area contributed by atoms with Crippen molar-refractivity contribution in [2.24, 2.45) is 16.1 Å². The van der Waals surface area contributed by atoms with Gasteiger partial charge in [-0.25, -0.2) is 0 Å². The molecule has 0 aliphatic carbocycles. The van der Waals surface area contributed by atoms with Crippen molar-refractivity contribution in [3.05, 3.63) is 35.9 Å². The summed E-state index contributed by atoms with van der Waals surface area (Å²) in [4.78, 5) is 24.8. The molecule has 1 aromatic carbocycles. The van der Waals surface area contributed by atoms with Crippen molar-refractivity contribution in [1.82, 2.24) is 5.32 Å². The van der Waals surface area contributed by atoms with Crippen molar-refractivity contribution in [1.29, 1.82) is 0 Å². The molecule has 0 saturated carbocycles. The van der Waals surface area contributed by atoms with Crippen LogP contribution in [-0.4, -0.2) is 57.8 Å². The predicted molar refractivity (Wildman–Crippen MR) is 115 cm³/mol. The van der Waals surface area contributed by atoms with Crippen molar-refractivity contribution in [2.75, 3.05) is 20.8 Å². The van der Waals surface area contributed by atoms with E-state index in [0.29, 0.717) is 19.4 Å². The summed E-state index contributed by atoms with van der Waals surface area (Å²) in [6.07, 6.45) is 2.38. The third kappa shape index (κ3) is 7.20. The number of ether oxygens (including phenoxy) is 2. The van der Waals surface area contributed by atoms with Crippen LogP contribution in [0.3, 0.4) is 0 Å². The molecule has 8 heteroatoms. The third-order valence-electron chi connectivity index (χ3n) is 5.23. The normalized spacial score (nSPS) is 15.2. The van der Waals surface area contributed by atoms with Gasteiger partial charge < -0.3 is 0 Å². The van der Waals surface area contributed by atoms with Crippen LogP contribution >= 0.6 is 0 Å². The predicted octanol–water partition coefficient (Wildman–Crippen LogP) is 2.60. The molecule has 158 valence electrons. The zero-order chi connectivity index (χ0) is 21.7. The minimum absolute atomic E-state index is 0.0960. The van der Waals surface area contributed by atoms with E-state index < -0.39 is 17.6 Å². The summed E-state index contributed by atoms with van der Waals surface area (Å²) in [7, 11) is 4.01. The van der Waals surface area contributed by atoms with Gasteiger partial charge in [0.2, 0.25) is 0 Å². The molecule has 0 spiro atoms. The van der Waals surface area contributed by atoms with Crippen LogP contribution in [-0.2, 0) is 25.5 Å². The number of rotatable bonds is 13. The standard InChI is InChI=1S/C21H32BN3O4/c1-6-16(2)21(20(27)29-5,24-25-22-3)14-15-23-18(19(26)28-4)13-12-17-10-8-7-9-11-17/h7-11,16,18,23H,3,6,12-15H2,1-2,4-5H3/t16?,18-,21-/m0/s1. The molecule has 0 aliphatic rings. The number of benzene rings is 1. The van der Waals surface area contributed by atoms with Crippen LogP contribution in [0.5, 0.6) is 0 Å². The first-order chi connectivity index (χ1) is 13.9. The fourth-order valence-electron chi connectivity index (χ4n) is 3.24. The van der Waals surface area contributed by atoms with Crippen molar-refractivity contribution in [3.8, 4) is 0 Å². The number of nitrogens with zero attached hydrogens (tertiary/aromatic N) is 2. The van der Waals surface area contributed by atoms with Crippen LogP contribution < -0.4 is 5.32 Å². The van der Waals surface area contributed by atoms with Crippen LogP contribution in [0.1, 0.15) is 38.7 Å². The average molecular weight is 401 g/mol. The average Bonchev–Trinajstić information content (AvgIpc) is 2.77. The van der Waals surface area contributed by atoms with Crippen molar-refractivity contribution < 1.29 is 19.1 Å². The number of nitrogens with one attached hydrogen (secondary N) is 1. The first kappa shape index (κ1) is 24.7. The molecule has 0 radical (unpaired) electrons. The minimum atomic E-state index is -1.13. The summed E-state index contributed by atoms with van der Waals surface area (Å²) < 4.78 is 9.96. The molecule has 0 aromatic heterocycles. The number of carbonyl (C=O) groups excluding carboxylic acids is 2. The SMILES string of the molecule is C=BN=N[C@](CCN[C@@H](CCc1ccccc1)C(=O)OC)(C(=O)OC)C(C)CC. The Morgan fingerprint density at radius 2 is 1.93 bits per heavy atom. The van der Waals surface area contributed by atoms with Gasteiger partial charge in [0.15, 0.2) is 0 Å². The van der Waals surface area contributed by atoms with Gasteiger partial charge in [-0.2, -0.15) is 0 Å². The summed E-state index contributed by atoms with van der Waals surface area (Å²) in [6, 6.07) is 9.46. The van der Waals surface area contributed by atoms with Gasteiger partial charge in [-0.15, -0.1) is 0 Å². The van der Waals surface area contributed by atoms with Gasteiger partial charge in [0.25, 0.3) is 0 Å². The number of carbonyl (C=O) groups is 2. The number of esters is 2. The van der Waals surface area contributed by atoms with E-state index in [1.54, 1.807) is 0 Å². The number of hydrogen-bond acceptors (Lipinski definition) is 7. The fraction of sp³-hybridized carbons (Fsp3) is 0.571. The molecule has 0 amide bonds. The summed E-state index contributed by atoms with van der Waals surface area (Å²) in [5.74, 6) is -0.875. The van der Waals surface area contributed by atoms with E-state index >= 15 is 0 Å².